The minimum Gasteiger partial charge on any atom is -0.332 e. The number of hydrogen-bond acceptors (Lipinski definition) is 3. The van der Waals surface area contributed by atoms with Gasteiger partial charge in [0, 0.05) is 17.7 Å². The lowest BCUT2D eigenvalue weighted by atomic mass is 9.91. The van der Waals surface area contributed by atoms with E-state index in [-0.39, 0.29) is 5.56 Å². The quantitative estimate of drug-likeness (QED) is 0.356. The van der Waals surface area contributed by atoms with Crippen LogP contribution in [0.3, 0.4) is 0 Å². The van der Waals surface area contributed by atoms with Crippen molar-refractivity contribution in [1.29, 1.82) is 0 Å². The van der Waals surface area contributed by atoms with Crippen LogP contribution in [-0.4, -0.2) is 45.9 Å². The molecule has 2 aromatic rings. The average molecular weight is 530 g/mol. The average Bonchev–Trinajstić information content (AvgIpc) is 3.17. The van der Waals surface area contributed by atoms with Gasteiger partial charge in [-0.05, 0) is 0 Å². The molecule has 2 aromatic heterocycles. The first kappa shape index (κ1) is 27.5. The van der Waals surface area contributed by atoms with Gasteiger partial charge in [-0.2, -0.15) is 70.8 Å². The molecule has 0 aliphatic heterocycles. The van der Waals surface area contributed by atoms with Crippen LogP contribution in [0.2, 0.25) is 0 Å². The van der Waals surface area contributed by atoms with Crippen LogP contribution in [0.25, 0.3) is 11.4 Å². The highest BCUT2D eigenvalue weighted by Crippen LogP contribution is 2.63. The molecule has 34 heavy (non-hydrogen) atoms. The van der Waals surface area contributed by atoms with E-state index in [1.807, 2.05) is 0 Å². The molecule has 0 unspecified atom stereocenters. The van der Waals surface area contributed by atoms with Crippen molar-refractivity contribution < 1.29 is 74.9 Å². The van der Waals surface area contributed by atoms with Gasteiger partial charge in [-0.3, -0.25) is 0 Å². The van der Waals surface area contributed by atoms with E-state index < -0.39 is 53.4 Å². The summed E-state index contributed by atoms with van der Waals surface area (Å²) < 4.78 is 203. The zero-order valence-electron chi connectivity index (χ0n) is 15.7. The van der Waals surface area contributed by atoms with Crippen LogP contribution in [0.1, 0.15) is 5.89 Å². The van der Waals surface area contributed by atoms with Crippen molar-refractivity contribution in [2.75, 3.05) is 0 Å². The minimum absolute atomic E-state index is 0.291. The first-order chi connectivity index (χ1) is 15.0. The Morgan fingerprint density at radius 3 is 1.50 bits per heavy atom. The number of aryl methyl sites for hydroxylation is 1. The second-order valence-electron chi connectivity index (χ2n) is 6.62. The lowest BCUT2D eigenvalue weighted by Crippen LogP contribution is -2.72. The molecule has 0 atom stereocenters. The second kappa shape index (κ2) is 7.62. The van der Waals surface area contributed by atoms with Crippen molar-refractivity contribution in [3.05, 3.63) is 30.4 Å². The number of aromatic nitrogens is 3. The van der Waals surface area contributed by atoms with E-state index in [0.717, 1.165) is 12.1 Å². The van der Waals surface area contributed by atoms with Gasteiger partial charge in [-0.15, -0.1) is 0 Å². The fourth-order valence-corrected chi connectivity index (χ4v) is 2.22. The molecule has 19 heteroatoms. The van der Waals surface area contributed by atoms with Crippen molar-refractivity contribution in [2.45, 2.75) is 41.7 Å². The van der Waals surface area contributed by atoms with E-state index in [2.05, 4.69) is 14.7 Å². The molecule has 0 saturated heterocycles. The molecule has 0 aliphatic rings. The van der Waals surface area contributed by atoms with Crippen LogP contribution in [0.4, 0.5) is 65.9 Å². The van der Waals surface area contributed by atoms with Gasteiger partial charge in [0.2, 0.25) is 5.82 Å². The van der Waals surface area contributed by atoms with Gasteiger partial charge in [0.05, 0.1) is 0 Å². The maximum absolute atomic E-state index is 14.1. The number of rotatable bonds is 7. The molecule has 0 amide bonds. The smallest absolute Gasteiger partial charge is 0.332 e. The van der Waals surface area contributed by atoms with Crippen LogP contribution in [0, 0.1) is 0 Å². The summed E-state index contributed by atoms with van der Waals surface area (Å²) in [6.07, 6.45) is -5.26. The van der Waals surface area contributed by atoms with Gasteiger partial charge in [-0.25, -0.2) is 4.57 Å². The first-order valence-corrected chi connectivity index (χ1v) is 8.10. The molecule has 0 aliphatic carbocycles. The zero-order valence-corrected chi connectivity index (χ0v) is 15.7. The Hall–Kier alpha value is -2.76. The number of hydrogen-bond donors (Lipinski definition) is 0. The summed E-state index contributed by atoms with van der Waals surface area (Å²) >= 11 is 0. The van der Waals surface area contributed by atoms with Crippen molar-refractivity contribution in [1.82, 2.24) is 10.1 Å². The fraction of sp³-hybridized carbons (Fsp3) is 0.533. The lowest BCUT2D eigenvalue weighted by Gasteiger charge is -2.40. The van der Waals surface area contributed by atoms with Crippen LogP contribution < -0.4 is 4.57 Å². The third-order valence-electron chi connectivity index (χ3n) is 4.26. The summed E-state index contributed by atoms with van der Waals surface area (Å²) in [6, 6.07) is 2.07. The Bertz CT molecular complexity index is 1030. The fourth-order valence-electron chi connectivity index (χ4n) is 2.22. The maximum Gasteiger partial charge on any atom is 0.460 e. The predicted molar refractivity (Wildman–Crippen MR) is 75.6 cm³/mol. The van der Waals surface area contributed by atoms with Gasteiger partial charge < -0.3 is 4.52 Å². The van der Waals surface area contributed by atoms with Crippen LogP contribution in [0.5, 0.6) is 0 Å². The number of alkyl halides is 15. The zero-order chi connectivity index (χ0) is 26.8. The maximum atomic E-state index is 14.1. The Labute approximate surface area is 177 Å². The molecule has 0 bridgehead atoms. The second-order valence-corrected chi connectivity index (χ2v) is 6.62. The minimum atomic E-state index is -8.39. The highest BCUT2D eigenvalue weighted by molar-refractivity contribution is 5.52. The largest absolute Gasteiger partial charge is 0.460 e. The molecule has 0 aromatic carbocycles. The first-order valence-electron chi connectivity index (χ1n) is 8.10. The summed E-state index contributed by atoms with van der Waals surface area (Å²) in [6.45, 7) is 0. The van der Waals surface area contributed by atoms with Gasteiger partial charge in [-0.1, -0.05) is 5.16 Å². The molecule has 0 saturated carbocycles. The highest BCUT2D eigenvalue weighted by Gasteiger charge is 2.94. The topological polar surface area (TPSA) is 42.8 Å². The summed E-state index contributed by atoms with van der Waals surface area (Å²) in [5.74, 6) is -51.4. The van der Waals surface area contributed by atoms with Crippen molar-refractivity contribution in [3.8, 4) is 11.4 Å². The van der Waals surface area contributed by atoms with Crippen LogP contribution >= 0.6 is 0 Å². The Kier molecular flexibility index (Phi) is 6.16. The molecule has 4 nitrogen and oxygen atoms in total. The van der Waals surface area contributed by atoms with E-state index in [9.17, 15) is 65.9 Å². The normalized spacial score (nSPS) is 15.1. The van der Waals surface area contributed by atoms with Crippen LogP contribution in [0.15, 0.2) is 29.0 Å². The van der Waals surface area contributed by atoms with E-state index in [1.54, 1.807) is 0 Å². The SMILES string of the molecule is C[n+]1ccc(-c2noc(C(F)(F)C(F)(F)C(F)(F)C(F)(F)C(F)(F)C(F)(F)C(F)(F)F)n2)cc1. The van der Waals surface area contributed by atoms with Crippen molar-refractivity contribution in [2.24, 2.45) is 7.05 Å². The van der Waals surface area contributed by atoms with E-state index in [1.165, 1.54) is 24.0 Å². The standard InChI is InChI=1S/C15H7F15N3O/c1-33-4-2-6(3-5-33)7-31-8(34-32-7)9(16,17)10(18,19)11(20,21)12(22,23)13(24,25)14(26,27)15(28,29)30/h2-5H,1H3/q+1. The third kappa shape index (κ3) is 3.62. The summed E-state index contributed by atoms with van der Waals surface area (Å²) in [5, 5.41) is 2.70. The monoisotopic (exact) mass is 530 g/mol. The lowest BCUT2D eigenvalue weighted by molar-refractivity contribution is -0.671. The van der Waals surface area contributed by atoms with Crippen molar-refractivity contribution >= 4 is 0 Å². The molecule has 192 valence electrons. The molecular weight excluding hydrogens is 523 g/mol. The molecule has 2 heterocycles. The van der Waals surface area contributed by atoms with Gasteiger partial charge in [0.1, 0.15) is 7.05 Å². The Morgan fingerprint density at radius 1 is 0.647 bits per heavy atom. The van der Waals surface area contributed by atoms with E-state index >= 15 is 0 Å². The van der Waals surface area contributed by atoms with Gasteiger partial charge in [0.25, 0.3) is 0 Å². The van der Waals surface area contributed by atoms with Crippen LogP contribution in [-0.2, 0) is 13.0 Å². The summed E-state index contributed by atoms with van der Waals surface area (Å²) in [7, 11) is 1.44. The van der Waals surface area contributed by atoms with E-state index in [4.69, 9.17) is 0 Å². The van der Waals surface area contributed by atoms with Crippen molar-refractivity contribution in [3.63, 3.8) is 0 Å². The van der Waals surface area contributed by atoms with Gasteiger partial charge in [0.15, 0.2) is 12.4 Å². The van der Waals surface area contributed by atoms with Gasteiger partial charge >= 0.3 is 47.6 Å². The number of nitrogens with zero attached hydrogens (tertiary/aromatic N) is 3. The Morgan fingerprint density at radius 2 is 1.06 bits per heavy atom. The predicted octanol–water partition coefficient (Wildman–Crippen LogP) is 5.39. The molecule has 0 N–H and O–H groups in total. The molecule has 0 radical (unpaired) electrons. The molecule has 0 fully saturated rings. The summed E-state index contributed by atoms with van der Waals surface area (Å²) in [4.78, 5) is 2.58. The molecule has 0 spiro atoms. The van der Waals surface area contributed by atoms with E-state index in [0.29, 0.717) is 0 Å². The molecule has 2 rings (SSSR count). The number of pyridine rings is 1. The molecular formula is C15H7F15N3O+. The number of halogens is 15. The highest BCUT2D eigenvalue weighted by atomic mass is 19.4. The Balaban J connectivity index is 2.57. The third-order valence-corrected chi connectivity index (χ3v) is 4.26. The summed E-state index contributed by atoms with van der Waals surface area (Å²) in [5.41, 5.74) is -0.291.